The van der Waals surface area contributed by atoms with Crippen LogP contribution in [0.1, 0.15) is 30.3 Å². The fourth-order valence-electron chi connectivity index (χ4n) is 2.65. The number of rotatable bonds is 3. The highest BCUT2D eigenvalue weighted by atomic mass is 32.1. The van der Waals surface area contributed by atoms with Crippen LogP contribution in [0.3, 0.4) is 0 Å². The normalized spacial score (nSPS) is 21.8. The molecule has 1 aliphatic rings. The van der Waals surface area contributed by atoms with Crippen LogP contribution in [0.2, 0.25) is 0 Å². The first-order valence-electron chi connectivity index (χ1n) is 7.16. The van der Waals surface area contributed by atoms with E-state index in [9.17, 15) is 9.59 Å². The third-order valence-electron chi connectivity index (χ3n) is 4.00. The van der Waals surface area contributed by atoms with Gasteiger partial charge in [-0.1, -0.05) is 0 Å². The Morgan fingerprint density at radius 2 is 2.27 bits per heavy atom. The Bertz CT molecular complexity index is 680. The molecule has 0 unspecified atom stereocenters. The Kier molecular flexibility index (Phi) is 3.98. The van der Waals surface area contributed by atoms with E-state index in [1.807, 2.05) is 6.92 Å². The molecule has 3 rings (SSSR count). The lowest BCUT2D eigenvalue weighted by molar-refractivity contribution is -0.123. The number of nitrogens with two attached hydrogens (primary N) is 1. The maximum Gasteiger partial charge on any atom is 0.273 e. The molecule has 2 atom stereocenters. The molecule has 2 N–H and O–H groups in total. The van der Waals surface area contributed by atoms with Gasteiger partial charge >= 0.3 is 0 Å². The molecule has 1 fully saturated rings. The van der Waals surface area contributed by atoms with Crippen molar-refractivity contribution < 1.29 is 14.0 Å². The lowest BCUT2D eigenvalue weighted by atomic mass is 9.93. The van der Waals surface area contributed by atoms with E-state index in [1.165, 1.54) is 11.3 Å². The Morgan fingerprint density at radius 3 is 2.95 bits per heavy atom. The van der Waals surface area contributed by atoms with E-state index in [2.05, 4.69) is 4.98 Å². The topological polar surface area (TPSA) is 89.4 Å². The number of thiazole rings is 1. The fraction of sp³-hybridized carbons (Fsp3) is 0.400. The summed E-state index contributed by atoms with van der Waals surface area (Å²) >= 11 is 1.36. The first-order chi connectivity index (χ1) is 10.6. The number of hydrogen-bond acceptors (Lipinski definition) is 5. The van der Waals surface area contributed by atoms with Crippen LogP contribution in [0.4, 0.5) is 0 Å². The summed E-state index contributed by atoms with van der Waals surface area (Å²) in [5.41, 5.74) is 5.76. The van der Waals surface area contributed by atoms with E-state index in [4.69, 9.17) is 10.2 Å². The predicted octanol–water partition coefficient (Wildman–Crippen LogP) is 2.13. The van der Waals surface area contributed by atoms with Gasteiger partial charge in [0.1, 0.15) is 5.69 Å². The SMILES string of the molecule is C[C@H]1CC[C@H](C(N)=O)CN1C(=O)c1csc(-c2ccco2)n1. The van der Waals surface area contributed by atoms with Gasteiger partial charge in [-0.2, -0.15) is 0 Å². The fourth-order valence-corrected chi connectivity index (χ4v) is 3.41. The van der Waals surface area contributed by atoms with Crippen molar-refractivity contribution in [2.24, 2.45) is 11.7 Å². The predicted molar refractivity (Wildman–Crippen MR) is 82.2 cm³/mol. The van der Waals surface area contributed by atoms with Crippen LogP contribution in [0.25, 0.3) is 10.8 Å². The van der Waals surface area contributed by atoms with Gasteiger partial charge in [-0.25, -0.2) is 4.98 Å². The zero-order chi connectivity index (χ0) is 15.7. The Labute approximate surface area is 131 Å². The lowest BCUT2D eigenvalue weighted by Crippen LogP contribution is -2.48. The van der Waals surface area contributed by atoms with Gasteiger partial charge in [-0.15, -0.1) is 11.3 Å². The molecule has 22 heavy (non-hydrogen) atoms. The smallest absolute Gasteiger partial charge is 0.273 e. The van der Waals surface area contributed by atoms with Crippen LogP contribution >= 0.6 is 11.3 Å². The molecular formula is C15H17N3O3S. The first kappa shape index (κ1) is 14.8. The number of carbonyl (C=O) groups excluding carboxylic acids is 2. The summed E-state index contributed by atoms with van der Waals surface area (Å²) in [6, 6.07) is 3.67. The minimum atomic E-state index is -0.348. The molecule has 0 radical (unpaired) electrons. The number of hydrogen-bond donors (Lipinski definition) is 1. The maximum atomic E-state index is 12.6. The Balaban J connectivity index is 1.79. The van der Waals surface area contributed by atoms with E-state index >= 15 is 0 Å². The number of carbonyl (C=O) groups is 2. The number of aromatic nitrogens is 1. The molecule has 2 aromatic rings. The van der Waals surface area contributed by atoms with Gasteiger partial charge in [0.05, 0.1) is 12.2 Å². The summed E-state index contributed by atoms with van der Waals surface area (Å²) in [5, 5.41) is 2.39. The molecule has 3 heterocycles. The highest BCUT2D eigenvalue weighted by Crippen LogP contribution is 2.27. The molecule has 7 heteroatoms. The van der Waals surface area contributed by atoms with Crippen molar-refractivity contribution in [1.82, 2.24) is 9.88 Å². The molecular weight excluding hydrogens is 302 g/mol. The second kappa shape index (κ2) is 5.92. The van der Waals surface area contributed by atoms with Gasteiger partial charge in [-0.3, -0.25) is 9.59 Å². The Hall–Kier alpha value is -2.15. The zero-order valence-corrected chi connectivity index (χ0v) is 13.0. The van der Waals surface area contributed by atoms with Crippen molar-refractivity contribution in [3.05, 3.63) is 29.5 Å². The minimum Gasteiger partial charge on any atom is -0.462 e. The summed E-state index contributed by atoms with van der Waals surface area (Å²) in [6.45, 7) is 2.35. The van der Waals surface area contributed by atoms with Crippen LogP contribution < -0.4 is 5.73 Å². The van der Waals surface area contributed by atoms with E-state index in [0.29, 0.717) is 23.0 Å². The zero-order valence-electron chi connectivity index (χ0n) is 12.2. The molecule has 0 aromatic carbocycles. The quantitative estimate of drug-likeness (QED) is 0.938. The molecule has 0 bridgehead atoms. The Morgan fingerprint density at radius 1 is 1.45 bits per heavy atom. The van der Waals surface area contributed by atoms with Gasteiger partial charge in [-0.05, 0) is 31.9 Å². The van der Waals surface area contributed by atoms with Crippen molar-refractivity contribution in [2.75, 3.05) is 6.54 Å². The molecule has 1 saturated heterocycles. The van der Waals surface area contributed by atoms with Crippen LogP contribution in [-0.4, -0.2) is 34.3 Å². The largest absolute Gasteiger partial charge is 0.462 e. The number of likely N-dealkylation sites (tertiary alicyclic amines) is 1. The van der Waals surface area contributed by atoms with Crippen LogP contribution in [0.5, 0.6) is 0 Å². The lowest BCUT2D eigenvalue weighted by Gasteiger charge is -2.36. The summed E-state index contributed by atoms with van der Waals surface area (Å²) in [4.78, 5) is 30.1. The van der Waals surface area contributed by atoms with Crippen LogP contribution in [0.15, 0.2) is 28.2 Å². The highest BCUT2D eigenvalue weighted by molar-refractivity contribution is 7.13. The second-order valence-corrected chi connectivity index (χ2v) is 6.36. The van der Waals surface area contributed by atoms with E-state index in [-0.39, 0.29) is 23.8 Å². The second-order valence-electron chi connectivity index (χ2n) is 5.50. The van der Waals surface area contributed by atoms with Crippen molar-refractivity contribution in [1.29, 1.82) is 0 Å². The molecule has 0 saturated carbocycles. The standard InChI is InChI=1S/C15H17N3O3S/c1-9-4-5-10(13(16)19)7-18(9)15(20)11-8-22-14(17-11)12-3-2-6-21-12/h2-3,6,8-10H,4-5,7H2,1H3,(H2,16,19)/t9-,10-/m0/s1. The first-order valence-corrected chi connectivity index (χ1v) is 8.04. The summed E-state index contributed by atoms with van der Waals surface area (Å²) < 4.78 is 5.29. The van der Waals surface area contributed by atoms with E-state index in [1.54, 1.807) is 28.7 Å². The molecule has 6 nitrogen and oxygen atoms in total. The molecule has 2 amide bonds. The third-order valence-corrected chi connectivity index (χ3v) is 4.86. The number of furan rings is 1. The maximum absolute atomic E-state index is 12.6. The highest BCUT2D eigenvalue weighted by Gasteiger charge is 2.33. The van der Waals surface area contributed by atoms with Crippen molar-refractivity contribution in [3.63, 3.8) is 0 Å². The average Bonchev–Trinajstić information content (AvgIpc) is 3.17. The monoisotopic (exact) mass is 319 g/mol. The van der Waals surface area contributed by atoms with E-state index < -0.39 is 0 Å². The van der Waals surface area contributed by atoms with Gasteiger partial charge in [0.2, 0.25) is 5.91 Å². The van der Waals surface area contributed by atoms with Gasteiger partial charge in [0.15, 0.2) is 10.8 Å². The molecule has 2 aromatic heterocycles. The van der Waals surface area contributed by atoms with Crippen molar-refractivity contribution in [2.45, 2.75) is 25.8 Å². The van der Waals surface area contributed by atoms with Crippen LogP contribution in [-0.2, 0) is 4.79 Å². The third kappa shape index (κ3) is 2.76. The van der Waals surface area contributed by atoms with E-state index in [0.717, 1.165) is 12.8 Å². The van der Waals surface area contributed by atoms with Gasteiger partial charge < -0.3 is 15.1 Å². The number of nitrogens with zero attached hydrogens (tertiary/aromatic N) is 2. The van der Waals surface area contributed by atoms with Crippen molar-refractivity contribution >= 4 is 23.2 Å². The summed E-state index contributed by atoms with van der Waals surface area (Å²) in [5.74, 6) is -0.138. The number of piperidine rings is 1. The van der Waals surface area contributed by atoms with Gasteiger partial charge in [0, 0.05) is 18.0 Å². The summed E-state index contributed by atoms with van der Waals surface area (Å²) in [6.07, 6.45) is 3.08. The summed E-state index contributed by atoms with van der Waals surface area (Å²) in [7, 11) is 0. The minimum absolute atomic E-state index is 0.0804. The molecule has 0 aliphatic carbocycles. The molecule has 0 spiro atoms. The van der Waals surface area contributed by atoms with Gasteiger partial charge in [0.25, 0.3) is 5.91 Å². The average molecular weight is 319 g/mol. The number of primary amides is 1. The number of amides is 2. The van der Waals surface area contributed by atoms with Crippen LogP contribution in [0, 0.1) is 5.92 Å². The molecule has 1 aliphatic heterocycles. The molecule has 116 valence electrons. The van der Waals surface area contributed by atoms with Crippen molar-refractivity contribution in [3.8, 4) is 10.8 Å².